The number of pyridine rings is 1. The molecule has 0 atom stereocenters. The molecule has 15 heavy (non-hydrogen) atoms. The van der Waals surface area contributed by atoms with Crippen molar-refractivity contribution in [2.75, 3.05) is 0 Å². The summed E-state index contributed by atoms with van der Waals surface area (Å²) in [5, 5.41) is 8.30. The van der Waals surface area contributed by atoms with Crippen LogP contribution in [-0.2, 0) is 0 Å². The van der Waals surface area contributed by atoms with Crippen LogP contribution in [-0.4, -0.2) is 16.1 Å². The van der Waals surface area contributed by atoms with Gasteiger partial charge in [-0.05, 0) is 18.1 Å². The van der Waals surface area contributed by atoms with E-state index in [0.717, 1.165) is 6.07 Å². The highest BCUT2D eigenvalue weighted by molar-refractivity contribution is 6.31. The van der Waals surface area contributed by atoms with E-state index in [4.69, 9.17) is 20.8 Å². The Morgan fingerprint density at radius 2 is 2.27 bits per heavy atom. The summed E-state index contributed by atoms with van der Waals surface area (Å²) in [6.07, 6.45) is 0. The van der Waals surface area contributed by atoms with Crippen molar-refractivity contribution < 1.29 is 14.0 Å². The number of halogens is 1. The number of carboxylic acids is 1. The van der Waals surface area contributed by atoms with E-state index in [-0.39, 0.29) is 22.0 Å². The first-order chi connectivity index (χ1) is 8.34. The van der Waals surface area contributed by atoms with Crippen LogP contribution in [0.5, 0.6) is 0 Å². The molecule has 0 bridgehead atoms. The van der Waals surface area contributed by atoms with Gasteiger partial charge >= 0.3 is 5.97 Å². The van der Waals surface area contributed by atoms with Crippen molar-refractivity contribution in [1.29, 1.82) is 0 Å². The number of fused-ring (bicyclic) bond motifs is 1. The molecule has 1 aromatic carbocycles. The van der Waals surface area contributed by atoms with Gasteiger partial charge in [0.1, 0.15) is 5.69 Å². The lowest BCUT2D eigenvalue weighted by molar-refractivity contribution is 0.0691. The van der Waals surface area contributed by atoms with Gasteiger partial charge in [-0.2, -0.15) is 0 Å². The van der Waals surface area contributed by atoms with Gasteiger partial charge in [0.25, 0.3) is 0 Å². The first-order valence-corrected chi connectivity index (χ1v) is 4.28. The first-order valence-electron chi connectivity index (χ1n) is 5.40. The number of carboxylic acid groups (broad SMARTS) is 1. The normalized spacial score (nSPS) is 13.3. The third kappa shape index (κ3) is 1.71. The Bertz CT molecular complexity index is 741. The maximum atomic E-state index is 11.7. The number of rotatable bonds is 1. The van der Waals surface area contributed by atoms with E-state index in [1.807, 2.05) is 0 Å². The van der Waals surface area contributed by atoms with Crippen LogP contribution in [0.15, 0.2) is 29.0 Å². The SMILES string of the molecule is [2H]c1c(Cl)c([2H])c2[nH]c(C(=O)O)cc(=O)c2c1[2H]. The molecule has 1 heterocycles. The summed E-state index contributed by atoms with van der Waals surface area (Å²) < 4.78 is 22.8. The quantitative estimate of drug-likeness (QED) is 0.780. The highest BCUT2D eigenvalue weighted by Gasteiger charge is 2.07. The molecule has 0 saturated heterocycles. The summed E-state index contributed by atoms with van der Waals surface area (Å²) in [6.45, 7) is 0. The summed E-state index contributed by atoms with van der Waals surface area (Å²) in [6, 6.07) is -0.407. The highest BCUT2D eigenvalue weighted by Crippen LogP contribution is 2.15. The van der Waals surface area contributed by atoms with Gasteiger partial charge in [-0.15, -0.1) is 0 Å². The summed E-state index contributed by atoms with van der Waals surface area (Å²) in [5.41, 5.74) is -1.27. The summed E-state index contributed by atoms with van der Waals surface area (Å²) in [4.78, 5) is 24.9. The van der Waals surface area contributed by atoms with Crippen molar-refractivity contribution in [3.8, 4) is 0 Å². The Balaban J connectivity index is 3.07. The summed E-state index contributed by atoms with van der Waals surface area (Å²) >= 11 is 5.68. The molecule has 2 rings (SSSR count). The molecule has 0 amide bonds. The number of benzene rings is 1. The fourth-order valence-electron chi connectivity index (χ4n) is 1.15. The number of aromatic amines is 1. The monoisotopic (exact) mass is 226 g/mol. The Morgan fingerprint density at radius 1 is 1.53 bits per heavy atom. The van der Waals surface area contributed by atoms with Crippen LogP contribution in [0.3, 0.4) is 0 Å². The Morgan fingerprint density at radius 3 is 2.93 bits per heavy atom. The second kappa shape index (κ2) is 3.40. The fraction of sp³-hybridized carbons (Fsp3) is 0. The molecule has 2 N–H and O–H groups in total. The van der Waals surface area contributed by atoms with E-state index >= 15 is 0 Å². The van der Waals surface area contributed by atoms with E-state index in [1.165, 1.54) is 0 Å². The first kappa shape index (κ1) is 6.63. The van der Waals surface area contributed by atoms with Crippen LogP contribution in [0, 0.1) is 0 Å². The highest BCUT2D eigenvalue weighted by atomic mass is 35.5. The topological polar surface area (TPSA) is 70.2 Å². The largest absolute Gasteiger partial charge is 0.477 e. The average molecular weight is 227 g/mol. The van der Waals surface area contributed by atoms with E-state index in [0.29, 0.717) is 0 Å². The molecule has 0 unspecified atom stereocenters. The molecule has 5 heteroatoms. The molecule has 0 aliphatic heterocycles. The van der Waals surface area contributed by atoms with Crippen LogP contribution in [0.1, 0.15) is 14.6 Å². The molecule has 0 saturated carbocycles. The van der Waals surface area contributed by atoms with Gasteiger partial charge in [-0.1, -0.05) is 11.6 Å². The van der Waals surface area contributed by atoms with Crippen molar-refractivity contribution in [2.24, 2.45) is 0 Å². The Hall–Kier alpha value is -1.81. The number of aromatic carboxylic acids is 1. The van der Waals surface area contributed by atoms with Crippen molar-refractivity contribution in [2.45, 2.75) is 0 Å². The smallest absolute Gasteiger partial charge is 0.352 e. The van der Waals surface area contributed by atoms with Crippen LogP contribution in [0.2, 0.25) is 5.02 Å². The molecule has 0 fully saturated rings. The number of carbonyl (C=O) groups is 1. The van der Waals surface area contributed by atoms with Crippen LogP contribution in [0.25, 0.3) is 10.9 Å². The third-order valence-corrected chi connectivity index (χ3v) is 1.98. The lowest BCUT2D eigenvalue weighted by Crippen LogP contribution is -2.09. The van der Waals surface area contributed by atoms with E-state index < -0.39 is 29.2 Å². The predicted octanol–water partition coefficient (Wildman–Crippen LogP) is 1.88. The molecular weight excluding hydrogens is 218 g/mol. The maximum absolute atomic E-state index is 11.7. The second-order valence-corrected chi connectivity index (χ2v) is 3.17. The number of hydrogen-bond donors (Lipinski definition) is 2. The Labute approximate surface area is 93.3 Å². The second-order valence-electron chi connectivity index (χ2n) is 2.79. The molecule has 0 radical (unpaired) electrons. The zero-order valence-electron chi connectivity index (χ0n) is 10.2. The van der Waals surface area contributed by atoms with Crippen LogP contribution in [0.4, 0.5) is 0 Å². The third-order valence-electron chi connectivity index (χ3n) is 1.79. The van der Waals surface area contributed by atoms with Gasteiger partial charge in [0.05, 0.1) is 9.63 Å². The zero-order chi connectivity index (χ0) is 13.6. The number of aromatic nitrogens is 1. The molecule has 0 aliphatic carbocycles. The van der Waals surface area contributed by atoms with Gasteiger partial charge in [-0.3, -0.25) is 4.79 Å². The summed E-state index contributed by atoms with van der Waals surface area (Å²) in [7, 11) is 0. The molecule has 0 spiro atoms. The van der Waals surface area contributed by atoms with Crippen molar-refractivity contribution >= 4 is 28.5 Å². The maximum Gasteiger partial charge on any atom is 0.352 e. The summed E-state index contributed by atoms with van der Waals surface area (Å²) in [5.74, 6) is -1.36. The molecule has 1 aromatic heterocycles. The van der Waals surface area contributed by atoms with Crippen molar-refractivity contribution in [3.63, 3.8) is 0 Å². The number of hydrogen-bond acceptors (Lipinski definition) is 2. The minimum absolute atomic E-state index is 0.147. The van der Waals surface area contributed by atoms with E-state index in [1.54, 1.807) is 0 Å². The molecule has 2 aromatic rings. The predicted molar refractivity (Wildman–Crippen MR) is 56.5 cm³/mol. The lowest BCUT2D eigenvalue weighted by Gasteiger charge is -2.00. The fourth-order valence-corrected chi connectivity index (χ4v) is 1.29. The number of nitrogens with one attached hydrogen (secondary N) is 1. The minimum Gasteiger partial charge on any atom is -0.477 e. The standard InChI is InChI=1S/C10H6ClNO3/c11-5-1-2-6-7(3-5)12-8(10(14)15)4-9(6)13/h1-4H,(H,12,13)(H,14,15)/i1D,2D,3D. The number of H-pyrrole nitrogens is 1. The molecular formula is C10H6ClNO3. The van der Waals surface area contributed by atoms with Gasteiger partial charge in [-0.25, -0.2) is 4.79 Å². The van der Waals surface area contributed by atoms with Gasteiger partial charge < -0.3 is 10.1 Å². The average Bonchev–Trinajstić information content (AvgIpc) is 2.32. The van der Waals surface area contributed by atoms with Gasteiger partial charge in [0, 0.05) is 16.5 Å². The molecule has 76 valence electrons. The van der Waals surface area contributed by atoms with Gasteiger partial charge in [0.2, 0.25) is 0 Å². The van der Waals surface area contributed by atoms with E-state index in [2.05, 4.69) is 4.98 Å². The minimum atomic E-state index is -1.36. The van der Waals surface area contributed by atoms with Gasteiger partial charge in [0.15, 0.2) is 5.43 Å². The van der Waals surface area contributed by atoms with E-state index in [9.17, 15) is 9.59 Å². The molecule has 0 aliphatic rings. The van der Waals surface area contributed by atoms with Crippen molar-refractivity contribution in [1.82, 2.24) is 4.98 Å². The van der Waals surface area contributed by atoms with Crippen molar-refractivity contribution in [3.05, 3.63) is 45.1 Å². The molecule has 4 nitrogen and oxygen atoms in total. The van der Waals surface area contributed by atoms with Crippen LogP contribution >= 0.6 is 11.6 Å². The Kier molecular flexibility index (Phi) is 1.50. The zero-order valence-corrected chi connectivity index (χ0v) is 7.97. The van der Waals surface area contributed by atoms with Crippen LogP contribution < -0.4 is 5.43 Å². The lowest BCUT2D eigenvalue weighted by atomic mass is 10.2.